The van der Waals surface area contributed by atoms with Gasteiger partial charge in [0.05, 0.1) is 0 Å². The second kappa shape index (κ2) is 37.6. The minimum atomic E-state index is -0.702. The first-order valence-electron chi connectivity index (χ1n) is 20.0. The van der Waals surface area contributed by atoms with Crippen LogP contribution in [0.1, 0.15) is 213 Å². The van der Waals surface area contributed by atoms with E-state index in [-0.39, 0.29) is 18.5 Å². The number of carboxylic acids is 1. The Morgan fingerprint density at radius 3 is 1.35 bits per heavy atom. The summed E-state index contributed by atoms with van der Waals surface area (Å²) in [6, 6.07) is 0. The maximum atomic E-state index is 12.6. The van der Waals surface area contributed by atoms with Gasteiger partial charge in [-0.1, -0.05) is 159 Å². The van der Waals surface area contributed by atoms with E-state index >= 15 is 0 Å². The summed E-state index contributed by atoms with van der Waals surface area (Å²) in [5.41, 5.74) is 0. The molecule has 0 aliphatic carbocycles. The predicted molar refractivity (Wildman–Crippen MR) is 199 cm³/mol. The molecule has 0 aliphatic heterocycles. The number of carbonyl (C=O) groups excluding carboxylic acids is 1. The Labute approximate surface area is 286 Å². The normalized spacial score (nSPS) is 12.6. The van der Waals surface area contributed by atoms with Crippen LogP contribution in [0.2, 0.25) is 0 Å². The van der Waals surface area contributed by atoms with Crippen LogP contribution in [0.15, 0.2) is 36.5 Å². The second-order valence-corrected chi connectivity index (χ2v) is 13.5. The Kier molecular flexibility index (Phi) is 36.1. The third kappa shape index (κ3) is 36.6. The van der Waals surface area contributed by atoms with Gasteiger partial charge < -0.3 is 9.84 Å². The number of carbonyl (C=O) groups is 2. The predicted octanol–water partition coefficient (Wildman–Crippen LogP) is 13.8. The summed E-state index contributed by atoms with van der Waals surface area (Å²) in [6.45, 7) is 4.51. The molecule has 0 amide bonds. The van der Waals surface area contributed by atoms with Crippen LogP contribution in [0.25, 0.3) is 0 Å². The number of carboxylic acid groups (broad SMARTS) is 1. The molecule has 1 atom stereocenters. The zero-order chi connectivity index (χ0) is 33.6. The summed E-state index contributed by atoms with van der Waals surface area (Å²) >= 11 is 0. The maximum absolute atomic E-state index is 12.6. The van der Waals surface area contributed by atoms with Gasteiger partial charge in [0.25, 0.3) is 0 Å². The van der Waals surface area contributed by atoms with Crippen molar-refractivity contribution in [3.8, 4) is 0 Å². The van der Waals surface area contributed by atoms with Gasteiger partial charge in [0, 0.05) is 12.8 Å². The van der Waals surface area contributed by atoms with Gasteiger partial charge in [-0.2, -0.15) is 0 Å². The van der Waals surface area contributed by atoms with E-state index in [1.807, 2.05) is 0 Å². The number of rotatable bonds is 36. The SMILES string of the molecule is CCCCC/C=C\C/C=C\C/C=C\CCCCCCCCC(=O)OC(CCCCCCCCCCC)CCCCCCCC(=O)O. The molecule has 1 N–H and O–H groups in total. The summed E-state index contributed by atoms with van der Waals surface area (Å²) in [4.78, 5) is 23.3. The molecule has 0 heterocycles. The second-order valence-electron chi connectivity index (χ2n) is 13.5. The van der Waals surface area contributed by atoms with Crippen LogP contribution in [-0.4, -0.2) is 23.1 Å². The van der Waals surface area contributed by atoms with E-state index in [4.69, 9.17) is 9.84 Å². The van der Waals surface area contributed by atoms with E-state index in [0.717, 1.165) is 77.0 Å². The van der Waals surface area contributed by atoms with Crippen molar-refractivity contribution in [2.45, 2.75) is 219 Å². The number of hydrogen-bond donors (Lipinski definition) is 1. The fraction of sp³-hybridized carbons (Fsp3) is 0.810. The number of hydrogen-bond acceptors (Lipinski definition) is 3. The molecule has 0 spiro atoms. The summed E-state index contributed by atoms with van der Waals surface area (Å²) in [5.74, 6) is -0.712. The standard InChI is InChI=1S/C42H76O4/c1-3-5-7-9-11-13-14-15-16-17-18-19-20-21-22-24-26-31-35-39-42(45)46-40(37-33-29-27-30-34-38-41(43)44)36-32-28-25-23-12-10-8-6-4-2/h11,13,15-16,18-19,40H,3-10,12,14,17,20-39H2,1-2H3,(H,43,44)/b13-11-,16-15-,19-18-. The molecule has 46 heavy (non-hydrogen) atoms. The average molecular weight is 645 g/mol. The third-order valence-corrected chi connectivity index (χ3v) is 8.86. The van der Waals surface area contributed by atoms with Crippen molar-refractivity contribution < 1.29 is 19.4 Å². The first-order chi connectivity index (χ1) is 22.6. The van der Waals surface area contributed by atoms with Crippen molar-refractivity contribution in [2.75, 3.05) is 0 Å². The number of allylic oxidation sites excluding steroid dienone is 6. The number of esters is 1. The fourth-order valence-electron chi connectivity index (χ4n) is 5.90. The van der Waals surface area contributed by atoms with E-state index in [2.05, 4.69) is 50.3 Å². The molecule has 1 unspecified atom stereocenters. The van der Waals surface area contributed by atoms with Crippen molar-refractivity contribution in [3.63, 3.8) is 0 Å². The van der Waals surface area contributed by atoms with Crippen molar-refractivity contribution in [3.05, 3.63) is 36.5 Å². The van der Waals surface area contributed by atoms with Crippen LogP contribution in [0.5, 0.6) is 0 Å². The lowest BCUT2D eigenvalue weighted by atomic mass is 10.0. The Bertz CT molecular complexity index is 738. The van der Waals surface area contributed by atoms with Crippen LogP contribution in [0, 0.1) is 0 Å². The Hall–Kier alpha value is -1.84. The molecule has 0 radical (unpaired) electrons. The Morgan fingerprint density at radius 2 is 0.848 bits per heavy atom. The van der Waals surface area contributed by atoms with E-state index in [1.165, 1.54) is 109 Å². The monoisotopic (exact) mass is 645 g/mol. The summed E-state index contributed by atoms with van der Waals surface area (Å²) in [6.07, 6.45) is 48.7. The maximum Gasteiger partial charge on any atom is 0.306 e. The van der Waals surface area contributed by atoms with Gasteiger partial charge in [0.2, 0.25) is 0 Å². The summed E-state index contributed by atoms with van der Waals surface area (Å²) in [7, 11) is 0. The largest absolute Gasteiger partial charge is 0.481 e. The molecule has 0 saturated heterocycles. The summed E-state index contributed by atoms with van der Waals surface area (Å²) in [5, 5.41) is 8.81. The number of ether oxygens (including phenoxy) is 1. The van der Waals surface area contributed by atoms with Gasteiger partial charge in [0.1, 0.15) is 6.10 Å². The lowest BCUT2D eigenvalue weighted by Crippen LogP contribution is -2.18. The van der Waals surface area contributed by atoms with E-state index in [0.29, 0.717) is 6.42 Å². The molecule has 0 aromatic heterocycles. The van der Waals surface area contributed by atoms with Crippen LogP contribution in [0.4, 0.5) is 0 Å². The van der Waals surface area contributed by atoms with Crippen molar-refractivity contribution >= 4 is 11.9 Å². The molecule has 4 nitrogen and oxygen atoms in total. The smallest absolute Gasteiger partial charge is 0.306 e. The Morgan fingerprint density at radius 1 is 0.478 bits per heavy atom. The average Bonchev–Trinajstić information content (AvgIpc) is 3.04. The quantitative estimate of drug-likeness (QED) is 0.0419. The molecule has 0 fully saturated rings. The molecular weight excluding hydrogens is 568 g/mol. The van der Waals surface area contributed by atoms with Crippen LogP contribution in [-0.2, 0) is 14.3 Å². The highest BCUT2D eigenvalue weighted by Crippen LogP contribution is 2.19. The van der Waals surface area contributed by atoms with Gasteiger partial charge in [-0.15, -0.1) is 0 Å². The highest BCUT2D eigenvalue weighted by atomic mass is 16.5. The highest BCUT2D eigenvalue weighted by Gasteiger charge is 2.14. The number of unbranched alkanes of at least 4 members (excludes halogenated alkanes) is 21. The minimum Gasteiger partial charge on any atom is -0.481 e. The molecule has 0 saturated carbocycles. The molecule has 0 rings (SSSR count). The van der Waals surface area contributed by atoms with Crippen LogP contribution < -0.4 is 0 Å². The third-order valence-electron chi connectivity index (χ3n) is 8.86. The molecule has 4 heteroatoms. The summed E-state index contributed by atoms with van der Waals surface area (Å²) < 4.78 is 5.99. The first kappa shape index (κ1) is 44.2. The van der Waals surface area contributed by atoms with Crippen molar-refractivity contribution in [1.82, 2.24) is 0 Å². The zero-order valence-electron chi connectivity index (χ0n) is 30.6. The van der Waals surface area contributed by atoms with Crippen LogP contribution in [0.3, 0.4) is 0 Å². The van der Waals surface area contributed by atoms with Gasteiger partial charge >= 0.3 is 11.9 Å². The van der Waals surface area contributed by atoms with E-state index in [9.17, 15) is 9.59 Å². The van der Waals surface area contributed by atoms with Gasteiger partial charge in [-0.05, 0) is 77.0 Å². The van der Waals surface area contributed by atoms with Crippen molar-refractivity contribution in [1.29, 1.82) is 0 Å². The topological polar surface area (TPSA) is 63.6 Å². The van der Waals surface area contributed by atoms with Gasteiger partial charge in [0.15, 0.2) is 0 Å². The fourth-order valence-corrected chi connectivity index (χ4v) is 5.90. The molecule has 0 bridgehead atoms. The molecule has 0 aromatic carbocycles. The van der Waals surface area contributed by atoms with Gasteiger partial charge in [-0.25, -0.2) is 0 Å². The lowest BCUT2D eigenvalue weighted by Gasteiger charge is -2.18. The van der Waals surface area contributed by atoms with Crippen LogP contribution >= 0.6 is 0 Å². The van der Waals surface area contributed by atoms with Crippen molar-refractivity contribution in [2.24, 2.45) is 0 Å². The first-order valence-corrected chi connectivity index (χ1v) is 20.0. The van der Waals surface area contributed by atoms with Gasteiger partial charge in [-0.3, -0.25) is 9.59 Å². The molecule has 268 valence electrons. The minimum absolute atomic E-state index is 0.00966. The number of aliphatic carboxylic acids is 1. The molecule has 0 aromatic rings. The highest BCUT2D eigenvalue weighted by molar-refractivity contribution is 5.69. The Balaban J connectivity index is 3.98. The lowest BCUT2D eigenvalue weighted by molar-refractivity contribution is -0.150. The van der Waals surface area contributed by atoms with E-state index < -0.39 is 5.97 Å². The molecule has 0 aliphatic rings. The molecular formula is C42H76O4. The zero-order valence-corrected chi connectivity index (χ0v) is 30.6. The van der Waals surface area contributed by atoms with E-state index in [1.54, 1.807) is 0 Å².